The van der Waals surface area contributed by atoms with Crippen LogP contribution < -0.4 is 9.62 Å². The molecule has 0 aliphatic heterocycles. The molecule has 1 atom stereocenters. The van der Waals surface area contributed by atoms with Crippen molar-refractivity contribution in [2.75, 3.05) is 11.4 Å². The first-order valence-corrected chi connectivity index (χ1v) is 11.3. The van der Waals surface area contributed by atoms with Gasteiger partial charge < -0.3 is 5.32 Å². The summed E-state index contributed by atoms with van der Waals surface area (Å²) in [6.45, 7) is 5.86. The van der Waals surface area contributed by atoms with E-state index in [0.717, 1.165) is 21.0 Å². The third-order valence-corrected chi connectivity index (χ3v) is 6.98. The van der Waals surface area contributed by atoms with Gasteiger partial charge >= 0.3 is 0 Å². The maximum atomic E-state index is 13.2. The molecule has 3 aromatic rings. The molecule has 5 nitrogen and oxygen atoms in total. The molecule has 0 saturated heterocycles. The van der Waals surface area contributed by atoms with Crippen LogP contribution in [0, 0.1) is 19.7 Å². The van der Waals surface area contributed by atoms with Crippen molar-refractivity contribution in [2.24, 2.45) is 0 Å². The Morgan fingerprint density at radius 3 is 2.35 bits per heavy atom. The Bertz CT molecular complexity index is 1210. The lowest BCUT2D eigenvalue weighted by Gasteiger charge is -2.20. The lowest BCUT2D eigenvalue weighted by molar-refractivity contribution is 0.0939. The number of amides is 1. The Morgan fingerprint density at radius 1 is 1.00 bits per heavy atom. The number of benzene rings is 3. The average molecular weight is 441 g/mol. The van der Waals surface area contributed by atoms with Gasteiger partial charge in [0.1, 0.15) is 5.82 Å². The molecule has 0 radical (unpaired) electrons. The van der Waals surface area contributed by atoms with E-state index in [0.29, 0.717) is 5.69 Å². The minimum absolute atomic E-state index is 0.0219. The van der Waals surface area contributed by atoms with E-state index in [-0.39, 0.29) is 22.4 Å². The Balaban J connectivity index is 1.84. The number of halogens is 1. The molecular formula is C24H25FN2O3S. The van der Waals surface area contributed by atoms with Crippen molar-refractivity contribution in [1.29, 1.82) is 0 Å². The number of anilines is 1. The fourth-order valence-corrected chi connectivity index (χ4v) is 4.57. The summed E-state index contributed by atoms with van der Waals surface area (Å²) >= 11 is 0. The molecule has 0 heterocycles. The first kappa shape index (κ1) is 22.5. The van der Waals surface area contributed by atoms with Crippen LogP contribution in [0.1, 0.15) is 40.0 Å². The number of carbonyl (C=O) groups is 1. The molecule has 7 heteroatoms. The molecule has 0 aromatic heterocycles. The molecule has 1 amide bonds. The fraction of sp³-hybridized carbons (Fsp3) is 0.208. The zero-order valence-electron chi connectivity index (χ0n) is 17.9. The molecule has 0 saturated carbocycles. The second-order valence-electron chi connectivity index (χ2n) is 7.53. The van der Waals surface area contributed by atoms with Gasteiger partial charge in [0.15, 0.2) is 0 Å². The summed E-state index contributed by atoms with van der Waals surface area (Å²) < 4.78 is 40.3. The van der Waals surface area contributed by atoms with Gasteiger partial charge in [-0.2, -0.15) is 0 Å². The van der Waals surface area contributed by atoms with Gasteiger partial charge in [0.05, 0.1) is 16.6 Å². The van der Waals surface area contributed by atoms with Gasteiger partial charge in [-0.15, -0.1) is 0 Å². The number of nitrogens with zero attached hydrogens (tertiary/aromatic N) is 1. The summed E-state index contributed by atoms with van der Waals surface area (Å²) in [6.07, 6.45) is 0. The Morgan fingerprint density at radius 2 is 1.68 bits per heavy atom. The number of rotatable bonds is 6. The fourth-order valence-electron chi connectivity index (χ4n) is 3.33. The summed E-state index contributed by atoms with van der Waals surface area (Å²) in [5, 5.41) is 2.94. The highest BCUT2D eigenvalue weighted by atomic mass is 32.2. The van der Waals surface area contributed by atoms with Crippen molar-refractivity contribution in [3.8, 4) is 0 Å². The van der Waals surface area contributed by atoms with E-state index in [1.54, 1.807) is 6.07 Å². The number of nitrogens with one attached hydrogen (secondary N) is 1. The number of hydrogen-bond acceptors (Lipinski definition) is 3. The van der Waals surface area contributed by atoms with Crippen LogP contribution in [0.3, 0.4) is 0 Å². The third-order valence-electron chi connectivity index (χ3n) is 5.19. The Labute approximate surface area is 182 Å². The quantitative estimate of drug-likeness (QED) is 0.601. The van der Waals surface area contributed by atoms with Crippen LogP contribution in [0.2, 0.25) is 0 Å². The first-order chi connectivity index (χ1) is 14.6. The van der Waals surface area contributed by atoms with Crippen molar-refractivity contribution in [3.63, 3.8) is 0 Å². The number of hydrogen-bond donors (Lipinski definition) is 1. The lowest BCUT2D eigenvalue weighted by Crippen LogP contribution is -2.29. The van der Waals surface area contributed by atoms with Gasteiger partial charge in [0.2, 0.25) is 0 Å². The summed E-state index contributed by atoms with van der Waals surface area (Å²) in [4.78, 5) is 12.8. The first-order valence-electron chi connectivity index (χ1n) is 9.82. The standard InChI is InChI=1S/C24H25FN2O3S/c1-16-8-9-17(2)23(14-16)18(3)26-24(28)19-6-5-7-22(15-19)31(29,30)27(4)21-12-10-20(25)11-13-21/h5-15,18H,1-4H3,(H,26,28)/t18-/m0/s1. The highest BCUT2D eigenvalue weighted by Gasteiger charge is 2.23. The lowest BCUT2D eigenvalue weighted by atomic mass is 10.00. The summed E-state index contributed by atoms with van der Waals surface area (Å²) in [5.41, 5.74) is 3.73. The molecule has 0 unspecified atom stereocenters. The van der Waals surface area contributed by atoms with Gasteiger partial charge in [-0.25, -0.2) is 12.8 Å². The molecule has 0 aliphatic carbocycles. The smallest absolute Gasteiger partial charge is 0.264 e. The predicted molar refractivity (Wildman–Crippen MR) is 120 cm³/mol. The molecular weight excluding hydrogens is 415 g/mol. The number of carbonyl (C=O) groups excluding carboxylic acids is 1. The van der Waals surface area contributed by atoms with Crippen LogP contribution >= 0.6 is 0 Å². The number of sulfonamides is 1. The van der Waals surface area contributed by atoms with Crippen LogP contribution in [0.25, 0.3) is 0 Å². The molecule has 3 rings (SSSR count). The molecule has 0 bridgehead atoms. The average Bonchev–Trinajstić information content (AvgIpc) is 2.75. The SMILES string of the molecule is Cc1ccc(C)c([C@H](C)NC(=O)c2cccc(S(=O)(=O)N(C)c3ccc(F)cc3)c2)c1. The Hall–Kier alpha value is -3.19. The third kappa shape index (κ3) is 4.94. The minimum atomic E-state index is -3.92. The molecule has 0 spiro atoms. The molecule has 0 aliphatic rings. The number of aryl methyl sites for hydroxylation is 2. The normalized spacial score (nSPS) is 12.3. The second-order valence-corrected chi connectivity index (χ2v) is 9.50. The summed E-state index contributed by atoms with van der Waals surface area (Å²) in [5.74, 6) is -0.818. The van der Waals surface area contributed by atoms with Gasteiger partial charge in [-0.05, 0) is 74.4 Å². The van der Waals surface area contributed by atoms with Crippen LogP contribution in [0.15, 0.2) is 71.6 Å². The zero-order valence-corrected chi connectivity index (χ0v) is 18.7. The van der Waals surface area contributed by atoms with Gasteiger partial charge in [-0.1, -0.05) is 29.8 Å². The summed E-state index contributed by atoms with van der Waals surface area (Å²) in [6, 6.07) is 16.8. The van der Waals surface area contributed by atoms with Gasteiger partial charge in [0, 0.05) is 12.6 Å². The monoisotopic (exact) mass is 440 g/mol. The topological polar surface area (TPSA) is 66.5 Å². The largest absolute Gasteiger partial charge is 0.346 e. The van der Waals surface area contributed by atoms with E-state index in [1.165, 1.54) is 49.5 Å². The minimum Gasteiger partial charge on any atom is -0.346 e. The van der Waals surface area contributed by atoms with E-state index in [4.69, 9.17) is 0 Å². The van der Waals surface area contributed by atoms with Gasteiger partial charge in [-0.3, -0.25) is 9.10 Å². The van der Waals surface area contributed by atoms with E-state index in [9.17, 15) is 17.6 Å². The predicted octanol–water partition coefficient (Wildman–Crippen LogP) is 4.76. The molecule has 3 aromatic carbocycles. The van der Waals surface area contributed by atoms with E-state index in [2.05, 4.69) is 5.32 Å². The van der Waals surface area contributed by atoms with Crippen molar-refractivity contribution in [3.05, 3.63) is 94.8 Å². The molecule has 1 N–H and O–H groups in total. The van der Waals surface area contributed by atoms with Crippen molar-refractivity contribution >= 4 is 21.6 Å². The summed E-state index contributed by atoms with van der Waals surface area (Å²) in [7, 11) is -2.54. The zero-order chi connectivity index (χ0) is 22.8. The van der Waals surface area contributed by atoms with Crippen LogP contribution in [-0.4, -0.2) is 21.4 Å². The van der Waals surface area contributed by atoms with Crippen molar-refractivity contribution in [2.45, 2.75) is 31.7 Å². The van der Waals surface area contributed by atoms with Crippen LogP contribution in [-0.2, 0) is 10.0 Å². The highest BCUT2D eigenvalue weighted by Crippen LogP contribution is 2.24. The van der Waals surface area contributed by atoms with Crippen molar-refractivity contribution in [1.82, 2.24) is 5.32 Å². The maximum Gasteiger partial charge on any atom is 0.264 e. The highest BCUT2D eigenvalue weighted by molar-refractivity contribution is 7.92. The molecule has 31 heavy (non-hydrogen) atoms. The van der Waals surface area contributed by atoms with E-state index in [1.807, 2.05) is 39.0 Å². The molecule has 162 valence electrons. The van der Waals surface area contributed by atoms with Gasteiger partial charge in [0.25, 0.3) is 15.9 Å². The second kappa shape index (κ2) is 8.89. The molecule has 0 fully saturated rings. The van der Waals surface area contributed by atoms with Crippen molar-refractivity contribution < 1.29 is 17.6 Å². The Kier molecular flexibility index (Phi) is 6.45. The van der Waals surface area contributed by atoms with E-state index >= 15 is 0 Å². The van der Waals surface area contributed by atoms with Crippen LogP contribution in [0.5, 0.6) is 0 Å². The van der Waals surface area contributed by atoms with Crippen LogP contribution in [0.4, 0.5) is 10.1 Å². The maximum absolute atomic E-state index is 13.2. The van der Waals surface area contributed by atoms with E-state index < -0.39 is 15.8 Å².